The fourth-order valence-electron chi connectivity index (χ4n) is 4.22. The van der Waals surface area contributed by atoms with Gasteiger partial charge in [-0.1, -0.05) is 12.8 Å². The molecule has 1 saturated heterocycles. The first-order valence-corrected chi connectivity index (χ1v) is 9.43. The number of carboxylic acids is 1. The molecular weight excluding hydrogens is 374 g/mol. The Morgan fingerprint density at radius 2 is 2.12 bits per heavy atom. The molecule has 1 aromatic rings. The standard InChI is InChI=1S/C18H24BrNO4/c1-2-24-16-8-11(7-13(19)17(16)21)10-20-14-6-4-3-5-12(14)9-15(20)18(22)23/h7-8,12,14-15,21H,2-6,9-10H2,1H3,(H,22,23). The quantitative estimate of drug-likeness (QED) is 0.790. The molecule has 3 unspecified atom stereocenters. The van der Waals surface area contributed by atoms with Gasteiger partial charge in [0.05, 0.1) is 11.1 Å². The molecule has 0 radical (unpaired) electrons. The summed E-state index contributed by atoms with van der Waals surface area (Å²) in [5, 5.41) is 19.7. The third-order valence-corrected chi connectivity index (χ3v) is 5.86. The number of halogens is 1. The van der Waals surface area contributed by atoms with Crippen LogP contribution in [0.4, 0.5) is 0 Å². The lowest BCUT2D eigenvalue weighted by atomic mass is 9.84. The number of rotatable bonds is 5. The minimum atomic E-state index is -0.729. The minimum Gasteiger partial charge on any atom is -0.503 e. The summed E-state index contributed by atoms with van der Waals surface area (Å²) in [4.78, 5) is 13.9. The maximum absolute atomic E-state index is 11.7. The molecule has 1 aromatic carbocycles. The molecule has 2 fully saturated rings. The summed E-state index contributed by atoms with van der Waals surface area (Å²) in [6.07, 6.45) is 5.34. The molecular formula is C18H24BrNO4. The van der Waals surface area contributed by atoms with Gasteiger partial charge in [0, 0.05) is 12.6 Å². The minimum absolute atomic E-state index is 0.0901. The molecule has 24 heavy (non-hydrogen) atoms. The van der Waals surface area contributed by atoms with E-state index >= 15 is 0 Å². The van der Waals surface area contributed by atoms with Crippen molar-refractivity contribution in [3.63, 3.8) is 0 Å². The Labute approximate surface area is 150 Å². The zero-order valence-electron chi connectivity index (χ0n) is 13.9. The number of likely N-dealkylation sites (tertiary alicyclic amines) is 1. The predicted molar refractivity (Wildman–Crippen MR) is 94.3 cm³/mol. The lowest BCUT2D eigenvalue weighted by Gasteiger charge is -2.33. The molecule has 1 saturated carbocycles. The Bertz CT molecular complexity index is 621. The van der Waals surface area contributed by atoms with Crippen LogP contribution < -0.4 is 4.74 Å². The van der Waals surface area contributed by atoms with E-state index in [2.05, 4.69) is 20.8 Å². The summed E-state index contributed by atoms with van der Waals surface area (Å²) in [6, 6.07) is 3.61. The maximum atomic E-state index is 11.7. The highest BCUT2D eigenvalue weighted by Crippen LogP contribution is 2.42. The van der Waals surface area contributed by atoms with Gasteiger partial charge < -0.3 is 14.9 Å². The van der Waals surface area contributed by atoms with Crippen LogP contribution in [0.3, 0.4) is 0 Å². The van der Waals surface area contributed by atoms with Crippen LogP contribution >= 0.6 is 15.9 Å². The molecule has 5 nitrogen and oxygen atoms in total. The van der Waals surface area contributed by atoms with Crippen LogP contribution in [-0.4, -0.2) is 39.8 Å². The summed E-state index contributed by atoms with van der Waals surface area (Å²) < 4.78 is 6.07. The van der Waals surface area contributed by atoms with Gasteiger partial charge in [0.15, 0.2) is 11.5 Å². The van der Waals surface area contributed by atoms with Crippen molar-refractivity contribution in [2.75, 3.05) is 6.61 Å². The average molecular weight is 398 g/mol. The number of nitrogens with zero attached hydrogens (tertiary/aromatic N) is 1. The smallest absolute Gasteiger partial charge is 0.320 e. The number of aliphatic carboxylic acids is 1. The van der Waals surface area contributed by atoms with Crippen molar-refractivity contribution in [1.82, 2.24) is 4.90 Å². The van der Waals surface area contributed by atoms with Gasteiger partial charge in [0.1, 0.15) is 6.04 Å². The summed E-state index contributed by atoms with van der Waals surface area (Å²) in [6.45, 7) is 2.90. The summed E-state index contributed by atoms with van der Waals surface area (Å²) >= 11 is 3.36. The van der Waals surface area contributed by atoms with Gasteiger partial charge in [-0.3, -0.25) is 9.69 Å². The fourth-order valence-corrected chi connectivity index (χ4v) is 4.71. The molecule has 1 aliphatic heterocycles. The van der Waals surface area contributed by atoms with Gasteiger partial charge >= 0.3 is 5.97 Å². The van der Waals surface area contributed by atoms with Crippen LogP contribution in [-0.2, 0) is 11.3 Å². The van der Waals surface area contributed by atoms with Crippen molar-refractivity contribution in [3.8, 4) is 11.5 Å². The van der Waals surface area contributed by atoms with Crippen LogP contribution in [0.15, 0.2) is 16.6 Å². The largest absolute Gasteiger partial charge is 0.503 e. The average Bonchev–Trinajstić information content (AvgIpc) is 2.91. The molecule has 1 heterocycles. The number of benzene rings is 1. The molecule has 132 valence electrons. The highest BCUT2D eigenvalue weighted by molar-refractivity contribution is 9.10. The van der Waals surface area contributed by atoms with Gasteiger partial charge in [-0.15, -0.1) is 0 Å². The topological polar surface area (TPSA) is 70.0 Å². The van der Waals surface area contributed by atoms with E-state index in [0.29, 0.717) is 35.3 Å². The van der Waals surface area contributed by atoms with E-state index in [9.17, 15) is 15.0 Å². The third-order valence-electron chi connectivity index (χ3n) is 5.26. The molecule has 2 N–H and O–H groups in total. The van der Waals surface area contributed by atoms with Crippen LogP contribution in [0.2, 0.25) is 0 Å². The van der Waals surface area contributed by atoms with E-state index < -0.39 is 12.0 Å². The van der Waals surface area contributed by atoms with E-state index in [1.807, 2.05) is 19.1 Å². The van der Waals surface area contributed by atoms with Crippen molar-refractivity contribution < 1.29 is 19.7 Å². The van der Waals surface area contributed by atoms with Gasteiger partial charge in [-0.2, -0.15) is 0 Å². The molecule has 3 rings (SSSR count). The normalized spacial score (nSPS) is 27.0. The molecule has 0 spiro atoms. The Hall–Kier alpha value is -1.27. The summed E-state index contributed by atoms with van der Waals surface area (Å²) in [5.41, 5.74) is 0.959. The molecule has 0 bridgehead atoms. The Morgan fingerprint density at radius 3 is 2.83 bits per heavy atom. The second kappa shape index (κ2) is 7.31. The number of carboxylic acid groups (broad SMARTS) is 1. The van der Waals surface area contributed by atoms with Crippen molar-refractivity contribution in [1.29, 1.82) is 0 Å². The van der Waals surface area contributed by atoms with Gasteiger partial charge in [0.2, 0.25) is 0 Å². The Morgan fingerprint density at radius 1 is 1.38 bits per heavy atom. The highest BCUT2D eigenvalue weighted by Gasteiger charge is 2.45. The Balaban J connectivity index is 1.86. The van der Waals surface area contributed by atoms with Crippen molar-refractivity contribution in [2.45, 2.75) is 57.7 Å². The van der Waals surface area contributed by atoms with E-state index in [1.165, 1.54) is 12.8 Å². The van der Waals surface area contributed by atoms with Crippen LogP contribution in [0.5, 0.6) is 11.5 Å². The van der Waals surface area contributed by atoms with Gasteiger partial charge in [0.25, 0.3) is 0 Å². The summed E-state index contributed by atoms with van der Waals surface area (Å²) in [7, 11) is 0. The monoisotopic (exact) mass is 397 g/mol. The van der Waals surface area contributed by atoms with E-state index in [0.717, 1.165) is 24.8 Å². The second-order valence-electron chi connectivity index (χ2n) is 6.73. The fraction of sp³-hybridized carbons (Fsp3) is 0.611. The van der Waals surface area contributed by atoms with Crippen molar-refractivity contribution in [2.24, 2.45) is 5.92 Å². The van der Waals surface area contributed by atoms with Gasteiger partial charge in [-0.25, -0.2) is 0 Å². The summed E-state index contributed by atoms with van der Waals surface area (Å²) in [5.74, 6) is 0.291. The van der Waals surface area contributed by atoms with E-state index in [-0.39, 0.29) is 5.75 Å². The lowest BCUT2D eigenvalue weighted by molar-refractivity contribution is -0.142. The SMILES string of the molecule is CCOc1cc(CN2C(C(=O)O)CC3CCCCC32)cc(Br)c1O. The van der Waals surface area contributed by atoms with Crippen LogP contribution in [0.25, 0.3) is 0 Å². The number of phenols is 1. The number of fused-ring (bicyclic) bond motifs is 1. The number of carbonyl (C=O) groups is 1. The zero-order valence-corrected chi connectivity index (χ0v) is 15.5. The van der Waals surface area contributed by atoms with Crippen molar-refractivity contribution in [3.05, 3.63) is 22.2 Å². The molecule has 3 atom stereocenters. The highest BCUT2D eigenvalue weighted by atomic mass is 79.9. The molecule has 6 heteroatoms. The number of aromatic hydroxyl groups is 1. The lowest BCUT2D eigenvalue weighted by Crippen LogP contribution is -2.41. The first-order chi connectivity index (χ1) is 11.5. The third kappa shape index (κ3) is 3.40. The van der Waals surface area contributed by atoms with Crippen LogP contribution in [0, 0.1) is 5.92 Å². The molecule has 0 amide bonds. The second-order valence-corrected chi connectivity index (χ2v) is 7.59. The number of phenolic OH excluding ortho intramolecular Hbond substituents is 1. The number of hydrogen-bond acceptors (Lipinski definition) is 4. The molecule has 2 aliphatic rings. The zero-order chi connectivity index (χ0) is 17.3. The first-order valence-electron chi connectivity index (χ1n) is 8.64. The Kier molecular flexibility index (Phi) is 5.35. The van der Waals surface area contributed by atoms with Crippen molar-refractivity contribution >= 4 is 21.9 Å². The number of ether oxygens (including phenoxy) is 1. The van der Waals surface area contributed by atoms with E-state index in [4.69, 9.17) is 4.74 Å². The molecule has 1 aliphatic carbocycles. The van der Waals surface area contributed by atoms with E-state index in [1.54, 1.807) is 0 Å². The first kappa shape index (κ1) is 17.5. The van der Waals surface area contributed by atoms with Crippen LogP contribution in [0.1, 0.15) is 44.6 Å². The predicted octanol–water partition coefficient (Wildman–Crippen LogP) is 3.77. The maximum Gasteiger partial charge on any atom is 0.320 e. The van der Waals surface area contributed by atoms with Gasteiger partial charge in [-0.05, 0) is 65.7 Å². The molecule has 0 aromatic heterocycles. The number of hydrogen-bond donors (Lipinski definition) is 2.